The molecule has 1 aliphatic rings. The Balaban J connectivity index is 2.41. The van der Waals surface area contributed by atoms with Crippen LogP contribution in [0.25, 0.3) is 0 Å². The quantitative estimate of drug-likeness (QED) is 0.373. The van der Waals surface area contributed by atoms with Crippen LogP contribution >= 0.6 is 0 Å². The number of rotatable bonds is 7. The Hall–Kier alpha value is -1.56. The zero-order valence-corrected chi connectivity index (χ0v) is 16.0. The lowest BCUT2D eigenvalue weighted by atomic mass is 9.92. The van der Waals surface area contributed by atoms with E-state index in [0.29, 0.717) is 19.1 Å². The first-order valence-corrected chi connectivity index (χ1v) is 8.90. The first-order chi connectivity index (χ1) is 11.3. The van der Waals surface area contributed by atoms with Crippen molar-refractivity contribution >= 4 is 11.9 Å². The van der Waals surface area contributed by atoms with E-state index in [-0.39, 0.29) is 5.91 Å². The summed E-state index contributed by atoms with van der Waals surface area (Å²) >= 11 is 0. The fourth-order valence-electron chi connectivity index (χ4n) is 2.79. The van der Waals surface area contributed by atoms with Crippen LogP contribution in [0.2, 0.25) is 0 Å². The summed E-state index contributed by atoms with van der Waals surface area (Å²) in [4.78, 5) is 18.8. The van der Waals surface area contributed by atoms with E-state index in [4.69, 9.17) is 0 Å². The lowest BCUT2D eigenvalue weighted by Gasteiger charge is -2.33. The predicted octanol–water partition coefficient (Wildman–Crippen LogP) is 1.35. The minimum atomic E-state index is -0.474. The van der Waals surface area contributed by atoms with Gasteiger partial charge in [0.05, 0.1) is 5.41 Å². The fourth-order valence-corrected chi connectivity index (χ4v) is 2.79. The maximum atomic E-state index is 12.1. The van der Waals surface area contributed by atoms with Gasteiger partial charge >= 0.3 is 0 Å². The van der Waals surface area contributed by atoms with Crippen LogP contribution in [-0.2, 0) is 4.79 Å². The number of hydrogen-bond donors (Lipinski definition) is 3. The van der Waals surface area contributed by atoms with Gasteiger partial charge in [-0.15, -0.1) is 0 Å². The molecule has 0 unspecified atom stereocenters. The minimum Gasteiger partial charge on any atom is -0.356 e. The van der Waals surface area contributed by atoms with Crippen molar-refractivity contribution < 1.29 is 4.79 Å². The average molecular weight is 338 g/mol. The average Bonchev–Trinajstić information content (AvgIpc) is 2.52. The Labute approximate surface area is 147 Å². The van der Waals surface area contributed by atoms with Gasteiger partial charge in [-0.25, -0.2) is 0 Å². The molecule has 0 aromatic carbocycles. The topological polar surface area (TPSA) is 68.8 Å². The number of aliphatic imine (C=N–C) groups is 1. The summed E-state index contributed by atoms with van der Waals surface area (Å²) in [7, 11) is 1.77. The molecule has 0 radical (unpaired) electrons. The molecule has 1 aliphatic heterocycles. The number of nitrogens with zero attached hydrogens (tertiary/aromatic N) is 2. The molecule has 1 amide bonds. The molecule has 1 heterocycles. The number of nitrogens with one attached hydrogen (secondary N) is 3. The molecule has 0 aromatic heterocycles. The van der Waals surface area contributed by atoms with Gasteiger partial charge in [-0.1, -0.05) is 12.2 Å². The molecule has 0 bridgehead atoms. The van der Waals surface area contributed by atoms with Crippen LogP contribution in [0.15, 0.2) is 17.1 Å². The van der Waals surface area contributed by atoms with Gasteiger partial charge in [-0.05, 0) is 40.5 Å². The molecule has 1 rings (SSSR count). The van der Waals surface area contributed by atoms with Crippen LogP contribution < -0.4 is 16.0 Å². The van der Waals surface area contributed by atoms with Gasteiger partial charge in [-0.2, -0.15) is 0 Å². The van der Waals surface area contributed by atoms with E-state index in [1.54, 1.807) is 7.05 Å². The molecule has 3 N–H and O–H groups in total. The SMILES string of the molecule is C=C(C)CN1CCC(NC(=NC)NCC(C)(C)C(=O)NCC)CC1. The van der Waals surface area contributed by atoms with Crippen molar-refractivity contribution in [3.05, 3.63) is 12.2 Å². The van der Waals surface area contributed by atoms with E-state index in [1.807, 2.05) is 20.8 Å². The van der Waals surface area contributed by atoms with Gasteiger partial charge in [0, 0.05) is 45.8 Å². The smallest absolute Gasteiger partial charge is 0.227 e. The minimum absolute atomic E-state index is 0.0565. The van der Waals surface area contributed by atoms with Crippen LogP contribution in [0.3, 0.4) is 0 Å². The first-order valence-electron chi connectivity index (χ1n) is 8.90. The van der Waals surface area contributed by atoms with Crippen molar-refractivity contribution in [3.8, 4) is 0 Å². The van der Waals surface area contributed by atoms with E-state index < -0.39 is 5.41 Å². The molecule has 24 heavy (non-hydrogen) atoms. The van der Waals surface area contributed by atoms with Crippen LogP contribution in [0.1, 0.15) is 40.5 Å². The molecule has 138 valence electrons. The summed E-state index contributed by atoms with van der Waals surface area (Å²) < 4.78 is 0. The lowest BCUT2D eigenvalue weighted by molar-refractivity contribution is -0.128. The van der Waals surface area contributed by atoms with Gasteiger partial charge in [0.15, 0.2) is 5.96 Å². The van der Waals surface area contributed by atoms with E-state index in [9.17, 15) is 4.79 Å². The molecule has 6 heteroatoms. The highest BCUT2D eigenvalue weighted by Gasteiger charge is 2.27. The van der Waals surface area contributed by atoms with Crippen molar-refractivity contribution in [3.63, 3.8) is 0 Å². The van der Waals surface area contributed by atoms with Gasteiger partial charge in [0.25, 0.3) is 0 Å². The second-order valence-corrected chi connectivity index (χ2v) is 7.32. The summed E-state index contributed by atoms with van der Waals surface area (Å²) in [6, 6.07) is 0.421. The number of carbonyl (C=O) groups is 1. The predicted molar refractivity (Wildman–Crippen MR) is 101 cm³/mol. The highest BCUT2D eigenvalue weighted by molar-refractivity contribution is 5.84. The van der Waals surface area contributed by atoms with Crippen molar-refractivity contribution in [1.29, 1.82) is 0 Å². The van der Waals surface area contributed by atoms with Crippen LogP contribution in [0.5, 0.6) is 0 Å². The highest BCUT2D eigenvalue weighted by Crippen LogP contribution is 2.14. The Morgan fingerprint density at radius 3 is 2.42 bits per heavy atom. The summed E-state index contributed by atoms with van der Waals surface area (Å²) in [5.74, 6) is 0.826. The fraction of sp³-hybridized carbons (Fsp3) is 0.778. The highest BCUT2D eigenvalue weighted by atomic mass is 16.2. The van der Waals surface area contributed by atoms with E-state index >= 15 is 0 Å². The second kappa shape index (κ2) is 9.67. The maximum absolute atomic E-state index is 12.1. The van der Waals surface area contributed by atoms with E-state index in [0.717, 1.165) is 38.4 Å². The number of amides is 1. The Bertz CT molecular complexity index is 450. The Morgan fingerprint density at radius 2 is 1.92 bits per heavy atom. The number of likely N-dealkylation sites (tertiary alicyclic amines) is 1. The van der Waals surface area contributed by atoms with Crippen LogP contribution in [0, 0.1) is 5.41 Å². The van der Waals surface area contributed by atoms with Crippen molar-refractivity contribution in [2.24, 2.45) is 10.4 Å². The summed E-state index contributed by atoms with van der Waals surface area (Å²) in [5.41, 5.74) is 0.741. The van der Waals surface area contributed by atoms with E-state index in [1.165, 1.54) is 5.57 Å². The molecular formula is C18H35N5O. The third-order valence-electron chi connectivity index (χ3n) is 4.30. The van der Waals surface area contributed by atoms with Crippen molar-refractivity contribution in [2.45, 2.75) is 46.6 Å². The standard InChI is InChI=1S/C18H35N5O/c1-7-20-16(24)18(4,5)13-21-17(19-6)22-15-8-10-23(11-9-15)12-14(2)3/h15H,2,7-13H2,1,3-6H3,(H,20,24)(H2,19,21,22). The molecule has 1 saturated heterocycles. The molecule has 0 aromatic rings. The number of carbonyl (C=O) groups excluding carboxylic acids is 1. The number of piperidine rings is 1. The number of guanidine groups is 1. The van der Waals surface area contributed by atoms with Gasteiger partial charge in [-0.3, -0.25) is 14.7 Å². The molecule has 6 nitrogen and oxygen atoms in total. The van der Waals surface area contributed by atoms with E-state index in [2.05, 4.69) is 39.3 Å². The van der Waals surface area contributed by atoms with Crippen molar-refractivity contribution in [2.75, 3.05) is 39.8 Å². The molecule has 1 fully saturated rings. The molecule has 0 atom stereocenters. The monoisotopic (exact) mass is 337 g/mol. The molecule has 0 saturated carbocycles. The second-order valence-electron chi connectivity index (χ2n) is 7.32. The van der Waals surface area contributed by atoms with Crippen LogP contribution in [-0.4, -0.2) is 62.6 Å². The largest absolute Gasteiger partial charge is 0.356 e. The molecule has 0 aliphatic carbocycles. The zero-order valence-electron chi connectivity index (χ0n) is 16.0. The summed E-state index contributed by atoms with van der Waals surface area (Å²) in [5, 5.41) is 9.65. The lowest BCUT2D eigenvalue weighted by Crippen LogP contribution is -2.52. The van der Waals surface area contributed by atoms with Gasteiger partial charge < -0.3 is 16.0 Å². The zero-order chi connectivity index (χ0) is 18.2. The van der Waals surface area contributed by atoms with Crippen molar-refractivity contribution in [1.82, 2.24) is 20.9 Å². The van der Waals surface area contributed by atoms with Gasteiger partial charge in [0.1, 0.15) is 0 Å². The third-order valence-corrected chi connectivity index (χ3v) is 4.30. The van der Waals surface area contributed by atoms with Gasteiger partial charge in [0.2, 0.25) is 5.91 Å². The molecular weight excluding hydrogens is 302 g/mol. The molecule has 0 spiro atoms. The number of hydrogen-bond acceptors (Lipinski definition) is 3. The normalized spacial score (nSPS) is 17.5. The van der Waals surface area contributed by atoms with Crippen LogP contribution in [0.4, 0.5) is 0 Å². The first kappa shape index (κ1) is 20.5. The summed E-state index contributed by atoms with van der Waals surface area (Å²) in [6.45, 7) is 16.2. The Morgan fingerprint density at radius 1 is 1.29 bits per heavy atom. The Kier molecular flexibility index (Phi) is 8.25. The summed E-state index contributed by atoms with van der Waals surface area (Å²) in [6.07, 6.45) is 2.18. The maximum Gasteiger partial charge on any atom is 0.227 e. The third kappa shape index (κ3) is 6.91.